The number of rotatable bonds is 5. The Balaban J connectivity index is 2.55. The van der Waals surface area contributed by atoms with Crippen molar-refractivity contribution in [1.29, 1.82) is 0 Å². The van der Waals surface area contributed by atoms with Crippen LogP contribution in [-0.2, 0) is 10.0 Å². The number of nitrogens with two attached hydrogens (primary N) is 1. The van der Waals surface area contributed by atoms with Crippen LogP contribution in [-0.4, -0.2) is 39.1 Å². The Bertz CT molecular complexity index is 483. The van der Waals surface area contributed by atoms with Crippen LogP contribution in [0.1, 0.15) is 5.56 Å². The third kappa shape index (κ3) is 3.90. The molecule has 1 rings (SSSR count). The Hall–Kier alpha value is -1.27. The van der Waals surface area contributed by atoms with Crippen LogP contribution in [0.15, 0.2) is 18.2 Å². The minimum absolute atomic E-state index is 0.0633. The maximum Gasteiger partial charge on any atom is 0.215 e. The van der Waals surface area contributed by atoms with E-state index in [0.29, 0.717) is 12.2 Å². The second kappa shape index (κ2) is 5.37. The number of benzene rings is 1. The van der Waals surface area contributed by atoms with Gasteiger partial charge in [0.15, 0.2) is 0 Å². The van der Waals surface area contributed by atoms with Crippen molar-refractivity contribution in [3.8, 4) is 0 Å². The quantitative estimate of drug-likeness (QED) is 0.768. The Morgan fingerprint density at radius 3 is 2.53 bits per heavy atom. The van der Waals surface area contributed by atoms with Crippen LogP contribution in [0.2, 0.25) is 0 Å². The number of anilines is 2. The summed E-state index contributed by atoms with van der Waals surface area (Å²) in [6.07, 6.45) is 0. The zero-order chi connectivity index (χ0) is 13.1. The number of hydrogen-bond donors (Lipinski definition) is 2. The monoisotopic (exact) mass is 257 g/mol. The van der Waals surface area contributed by atoms with Gasteiger partial charge >= 0.3 is 0 Å². The molecular formula is C11H19N3O2S. The molecule has 3 N–H and O–H groups in total. The molecule has 0 spiro atoms. The Labute approximate surface area is 103 Å². The van der Waals surface area contributed by atoms with E-state index >= 15 is 0 Å². The summed E-state index contributed by atoms with van der Waals surface area (Å²) in [5.41, 5.74) is 8.31. The van der Waals surface area contributed by atoms with Crippen molar-refractivity contribution in [2.75, 3.05) is 37.4 Å². The molecule has 0 heterocycles. The van der Waals surface area contributed by atoms with E-state index in [1.54, 1.807) is 6.07 Å². The standard InChI is InChI=1S/C11H19N3O2S/c1-9-4-5-10(8-11(9)12)13-6-7-17(15,16)14(2)3/h4-5,8,13H,6-7,12H2,1-3H3. The molecule has 0 fully saturated rings. The molecule has 0 aliphatic rings. The lowest BCUT2D eigenvalue weighted by atomic mass is 10.2. The van der Waals surface area contributed by atoms with Crippen molar-refractivity contribution in [2.24, 2.45) is 0 Å². The van der Waals surface area contributed by atoms with E-state index in [9.17, 15) is 8.42 Å². The summed E-state index contributed by atoms with van der Waals surface area (Å²) in [7, 11) is -0.0931. The van der Waals surface area contributed by atoms with E-state index in [1.165, 1.54) is 18.4 Å². The Morgan fingerprint density at radius 2 is 2.00 bits per heavy atom. The highest BCUT2D eigenvalue weighted by molar-refractivity contribution is 7.89. The lowest BCUT2D eigenvalue weighted by Gasteiger charge is -2.12. The first-order valence-electron chi connectivity index (χ1n) is 5.33. The first-order valence-corrected chi connectivity index (χ1v) is 6.94. The van der Waals surface area contributed by atoms with Crippen LogP contribution in [0, 0.1) is 6.92 Å². The number of sulfonamides is 1. The highest BCUT2D eigenvalue weighted by atomic mass is 32.2. The van der Waals surface area contributed by atoms with Crippen LogP contribution < -0.4 is 11.1 Å². The normalized spacial score (nSPS) is 11.8. The molecule has 0 amide bonds. The van der Waals surface area contributed by atoms with E-state index < -0.39 is 10.0 Å². The molecule has 1 aromatic carbocycles. The lowest BCUT2D eigenvalue weighted by molar-refractivity contribution is 0.521. The van der Waals surface area contributed by atoms with Crippen molar-refractivity contribution in [1.82, 2.24) is 4.31 Å². The fraction of sp³-hybridized carbons (Fsp3) is 0.455. The van der Waals surface area contributed by atoms with E-state index in [2.05, 4.69) is 5.32 Å². The van der Waals surface area contributed by atoms with Crippen molar-refractivity contribution >= 4 is 21.4 Å². The van der Waals surface area contributed by atoms with Gasteiger partial charge in [0.1, 0.15) is 0 Å². The largest absolute Gasteiger partial charge is 0.398 e. The molecule has 0 bridgehead atoms. The number of nitrogen functional groups attached to an aromatic ring is 1. The minimum atomic E-state index is -3.15. The molecule has 96 valence electrons. The summed E-state index contributed by atoms with van der Waals surface area (Å²) < 4.78 is 24.2. The predicted molar refractivity (Wildman–Crippen MR) is 71.6 cm³/mol. The van der Waals surface area contributed by atoms with Crippen LogP contribution >= 0.6 is 0 Å². The summed E-state index contributed by atoms with van der Waals surface area (Å²) in [4.78, 5) is 0. The molecule has 0 saturated carbocycles. The van der Waals surface area contributed by atoms with Crippen LogP contribution in [0.5, 0.6) is 0 Å². The van der Waals surface area contributed by atoms with E-state index in [1.807, 2.05) is 19.1 Å². The topological polar surface area (TPSA) is 75.4 Å². The van der Waals surface area contributed by atoms with E-state index in [4.69, 9.17) is 5.73 Å². The Kier molecular flexibility index (Phi) is 4.36. The molecule has 6 heteroatoms. The maximum atomic E-state index is 11.5. The zero-order valence-corrected chi connectivity index (χ0v) is 11.2. The number of nitrogens with one attached hydrogen (secondary N) is 1. The summed E-state index contributed by atoms with van der Waals surface area (Å²) in [5, 5.41) is 3.04. The van der Waals surface area contributed by atoms with Crippen molar-refractivity contribution in [3.63, 3.8) is 0 Å². The second-order valence-corrected chi connectivity index (χ2v) is 6.40. The van der Waals surface area contributed by atoms with Crippen molar-refractivity contribution in [3.05, 3.63) is 23.8 Å². The van der Waals surface area contributed by atoms with Crippen molar-refractivity contribution in [2.45, 2.75) is 6.92 Å². The molecule has 0 radical (unpaired) electrons. The summed E-state index contributed by atoms with van der Waals surface area (Å²) in [6.45, 7) is 2.29. The van der Waals surface area contributed by atoms with Gasteiger partial charge in [-0.05, 0) is 24.6 Å². The smallest absolute Gasteiger partial charge is 0.215 e. The number of aryl methyl sites for hydroxylation is 1. The molecule has 17 heavy (non-hydrogen) atoms. The second-order valence-electron chi connectivity index (χ2n) is 4.10. The van der Waals surface area contributed by atoms with Gasteiger partial charge in [-0.25, -0.2) is 12.7 Å². The highest BCUT2D eigenvalue weighted by Crippen LogP contribution is 2.16. The van der Waals surface area contributed by atoms with Crippen LogP contribution in [0.4, 0.5) is 11.4 Å². The molecule has 0 aliphatic heterocycles. The lowest BCUT2D eigenvalue weighted by Crippen LogP contribution is -2.28. The van der Waals surface area contributed by atoms with Gasteiger partial charge in [0.25, 0.3) is 0 Å². The predicted octanol–water partition coefficient (Wildman–Crippen LogP) is 0.881. The van der Waals surface area contributed by atoms with Gasteiger partial charge < -0.3 is 11.1 Å². The molecule has 1 aromatic rings. The van der Waals surface area contributed by atoms with Gasteiger partial charge in [-0.1, -0.05) is 6.07 Å². The SMILES string of the molecule is Cc1ccc(NCCS(=O)(=O)N(C)C)cc1N. The van der Waals surface area contributed by atoms with Gasteiger partial charge in [0, 0.05) is 32.0 Å². The molecular weight excluding hydrogens is 238 g/mol. The molecule has 0 aliphatic carbocycles. The van der Waals surface area contributed by atoms with Gasteiger partial charge in [-0.15, -0.1) is 0 Å². The van der Waals surface area contributed by atoms with Crippen molar-refractivity contribution < 1.29 is 8.42 Å². The molecule has 0 atom stereocenters. The first kappa shape index (κ1) is 13.8. The summed E-state index contributed by atoms with van der Waals surface area (Å²) in [6, 6.07) is 5.59. The first-order chi connectivity index (χ1) is 7.83. The van der Waals surface area contributed by atoms with Gasteiger partial charge in [0.05, 0.1) is 5.75 Å². The van der Waals surface area contributed by atoms with Crippen LogP contribution in [0.3, 0.4) is 0 Å². The minimum Gasteiger partial charge on any atom is -0.398 e. The average Bonchev–Trinajstić information content (AvgIpc) is 2.23. The fourth-order valence-corrected chi connectivity index (χ4v) is 1.98. The van der Waals surface area contributed by atoms with E-state index in [-0.39, 0.29) is 5.75 Å². The fourth-order valence-electron chi connectivity index (χ4n) is 1.26. The summed E-state index contributed by atoms with van der Waals surface area (Å²) in [5.74, 6) is 0.0633. The van der Waals surface area contributed by atoms with Crippen LogP contribution in [0.25, 0.3) is 0 Å². The molecule has 0 saturated heterocycles. The maximum absolute atomic E-state index is 11.5. The Morgan fingerprint density at radius 1 is 1.35 bits per heavy atom. The average molecular weight is 257 g/mol. The van der Waals surface area contributed by atoms with Gasteiger partial charge in [-0.2, -0.15) is 0 Å². The molecule has 0 unspecified atom stereocenters. The molecule has 5 nitrogen and oxygen atoms in total. The third-order valence-corrected chi connectivity index (χ3v) is 4.36. The highest BCUT2D eigenvalue weighted by Gasteiger charge is 2.12. The number of hydrogen-bond acceptors (Lipinski definition) is 4. The zero-order valence-electron chi connectivity index (χ0n) is 10.4. The van der Waals surface area contributed by atoms with Gasteiger partial charge in [-0.3, -0.25) is 0 Å². The van der Waals surface area contributed by atoms with E-state index in [0.717, 1.165) is 11.3 Å². The molecule has 0 aromatic heterocycles. The summed E-state index contributed by atoms with van der Waals surface area (Å²) >= 11 is 0. The number of nitrogens with zero attached hydrogens (tertiary/aromatic N) is 1. The van der Waals surface area contributed by atoms with Gasteiger partial charge in [0.2, 0.25) is 10.0 Å². The third-order valence-electron chi connectivity index (χ3n) is 2.52.